The third-order valence-electron chi connectivity index (χ3n) is 4.93. The maximum atomic E-state index is 12.1. The Morgan fingerprint density at radius 3 is 1.63 bits per heavy atom. The van der Waals surface area contributed by atoms with E-state index in [-0.39, 0.29) is 34.7 Å². The van der Waals surface area contributed by atoms with E-state index in [0.717, 1.165) is 12.8 Å². The second-order valence-corrected chi connectivity index (χ2v) is 8.42. The SMILES string of the molecule is CCC(=O)C1CC(C(C)(C)C)C(O)C(C(C)(C)C)C1. The first kappa shape index (κ1) is 16.7. The number of rotatable bonds is 2. The number of aliphatic hydroxyl groups excluding tert-OH is 1. The van der Waals surface area contributed by atoms with Gasteiger partial charge in [-0.3, -0.25) is 4.79 Å². The smallest absolute Gasteiger partial charge is 0.135 e. The highest BCUT2D eigenvalue weighted by molar-refractivity contribution is 5.80. The van der Waals surface area contributed by atoms with E-state index in [1.54, 1.807) is 0 Å². The summed E-state index contributed by atoms with van der Waals surface area (Å²) in [6, 6.07) is 0. The summed E-state index contributed by atoms with van der Waals surface area (Å²) in [6.45, 7) is 15.0. The predicted octanol–water partition coefficient (Wildman–Crippen LogP) is 4.06. The van der Waals surface area contributed by atoms with Gasteiger partial charge in [0.15, 0.2) is 0 Å². The molecule has 1 rings (SSSR count). The lowest BCUT2D eigenvalue weighted by atomic mass is 9.58. The van der Waals surface area contributed by atoms with Crippen LogP contribution in [0.1, 0.15) is 67.7 Å². The summed E-state index contributed by atoms with van der Waals surface area (Å²) in [4.78, 5) is 12.1. The third kappa shape index (κ3) is 3.81. The Morgan fingerprint density at radius 1 is 1.00 bits per heavy atom. The molecule has 2 atom stereocenters. The highest BCUT2D eigenvalue weighted by Gasteiger charge is 2.47. The average molecular weight is 268 g/mol. The molecule has 1 aliphatic carbocycles. The molecule has 0 aromatic carbocycles. The van der Waals surface area contributed by atoms with Gasteiger partial charge >= 0.3 is 0 Å². The van der Waals surface area contributed by atoms with Crippen LogP contribution in [0.5, 0.6) is 0 Å². The van der Waals surface area contributed by atoms with Gasteiger partial charge < -0.3 is 5.11 Å². The molecule has 0 heterocycles. The second-order valence-electron chi connectivity index (χ2n) is 8.42. The maximum Gasteiger partial charge on any atom is 0.135 e. The number of aliphatic hydroxyl groups is 1. The summed E-state index contributed by atoms with van der Waals surface area (Å²) in [5, 5.41) is 10.8. The van der Waals surface area contributed by atoms with E-state index in [1.165, 1.54) is 0 Å². The van der Waals surface area contributed by atoms with Crippen LogP contribution in [-0.2, 0) is 4.79 Å². The van der Waals surface area contributed by atoms with Crippen molar-refractivity contribution in [3.63, 3.8) is 0 Å². The molecule has 1 saturated carbocycles. The number of ketones is 1. The van der Waals surface area contributed by atoms with Crippen molar-refractivity contribution in [2.45, 2.75) is 73.8 Å². The zero-order chi connectivity index (χ0) is 15.0. The lowest BCUT2D eigenvalue weighted by molar-refractivity contribution is -0.132. The molecule has 0 aromatic heterocycles. The maximum absolute atomic E-state index is 12.1. The van der Waals surface area contributed by atoms with Gasteiger partial charge in [0.2, 0.25) is 0 Å². The predicted molar refractivity (Wildman–Crippen MR) is 79.9 cm³/mol. The molecule has 0 aliphatic heterocycles. The van der Waals surface area contributed by atoms with Crippen LogP contribution in [0.2, 0.25) is 0 Å². The summed E-state index contributed by atoms with van der Waals surface area (Å²) in [5.74, 6) is 0.939. The second kappa shape index (κ2) is 5.55. The summed E-state index contributed by atoms with van der Waals surface area (Å²) in [5.41, 5.74) is 0.102. The summed E-state index contributed by atoms with van der Waals surface area (Å²) >= 11 is 0. The lowest BCUT2D eigenvalue weighted by Gasteiger charge is -2.49. The van der Waals surface area contributed by atoms with E-state index in [0.29, 0.717) is 12.2 Å². The summed E-state index contributed by atoms with van der Waals surface area (Å²) in [7, 11) is 0. The largest absolute Gasteiger partial charge is 0.393 e. The van der Waals surface area contributed by atoms with E-state index in [4.69, 9.17) is 0 Å². The number of Topliss-reactive ketones (excluding diaryl/α,β-unsaturated/α-hetero) is 1. The van der Waals surface area contributed by atoms with Gasteiger partial charge in [-0.1, -0.05) is 48.5 Å². The minimum absolute atomic E-state index is 0.0512. The fourth-order valence-corrected chi connectivity index (χ4v) is 3.55. The molecule has 0 amide bonds. The van der Waals surface area contributed by atoms with Gasteiger partial charge in [-0.15, -0.1) is 0 Å². The topological polar surface area (TPSA) is 37.3 Å². The molecule has 0 aromatic rings. The molecule has 2 nitrogen and oxygen atoms in total. The molecule has 0 saturated heterocycles. The van der Waals surface area contributed by atoms with Crippen molar-refractivity contribution in [2.75, 3.05) is 0 Å². The van der Waals surface area contributed by atoms with Crippen molar-refractivity contribution >= 4 is 5.78 Å². The van der Waals surface area contributed by atoms with Crippen LogP contribution in [0.4, 0.5) is 0 Å². The molecule has 0 spiro atoms. The van der Waals surface area contributed by atoms with Crippen LogP contribution >= 0.6 is 0 Å². The van der Waals surface area contributed by atoms with E-state index < -0.39 is 0 Å². The van der Waals surface area contributed by atoms with Gasteiger partial charge in [-0.2, -0.15) is 0 Å². The Hall–Kier alpha value is -0.370. The molecule has 1 aliphatic rings. The zero-order valence-corrected chi connectivity index (χ0v) is 13.8. The number of hydrogen-bond acceptors (Lipinski definition) is 2. The van der Waals surface area contributed by atoms with E-state index in [1.807, 2.05) is 6.92 Å². The van der Waals surface area contributed by atoms with E-state index >= 15 is 0 Å². The molecule has 1 N–H and O–H groups in total. The first-order chi connectivity index (χ1) is 8.48. The Balaban J connectivity index is 3.04. The standard InChI is InChI=1S/C17H32O2/c1-8-14(18)11-9-12(16(2,3)4)15(19)13(10-11)17(5,6)7/h11-13,15,19H,8-10H2,1-7H3. The van der Waals surface area contributed by atoms with Gasteiger partial charge in [-0.05, 0) is 35.5 Å². The Kier molecular flexibility index (Phi) is 4.88. The molecular formula is C17H32O2. The molecule has 2 unspecified atom stereocenters. The Morgan fingerprint density at radius 2 is 1.37 bits per heavy atom. The van der Waals surface area contributed by atoms with Crippen LogP contribution in [0.25, 0.3) is 0 Å². The Bertz CT molecular complexity index is 295. The lowest BCUT2D eigenvalue weighted by Crippen LogP contribution is -2.48. The minimum atomic E-state index is -0.291. The summed E-state index contributed by atoms with van der Waals surface area (Å²) < 4.78 is 0. The Labute approximate surface area is 119 Å². The molecular weight excluding hydrogens is 236 g/mol. The first-order valence-corrected chi connectivity index (χ1v) is 7.69. The fourth-order valence-electron chi connectivity index (χ4n) is 3.55. The zero-order valence-electron chi connectivity index (χ0n) is 13.8. The minimum Gasteiger partial charge on any atom is -0.393 e. The van der Waals surface area contributed by atoms with Crippen LogP contribution in [0.3, 0.4) is 0 Å². The van der Waals surface area contributed by atoms with Crippen molar-refractivity contribution in [2.24, 2.45) is 28.6 Å². The molecule has 19 heavy (non-hydrogen) atoms. The van der Waals surface area contributed by atoms with Crippen LogP contribution < -0.4 is 0 Å². The number of carbonyl (C=O) groups is 1. The third-order valence-corrected chi connectivity index (χ3v) is 4.93. The van der Waals surface area contributed by atoms with Crippen LogP contribution in [0, 0.1) is 28.6 Å². The van der Waals surface area contributed by atoms with Crippen molar-refractivity contribution in [1.29, 1.82) is 0 Å². The van der Waals surface area contributed by atoms with Crippen LogP contribution in [-0.4, -0.2) is 17.0 Å². The summed E-state index contributed by atoms with van der Waals surface area (Å²) in [6.07, 6.45) is 2.03. The fraction of sp³-hybridized carbons (Fsp3) is 0.941. The van der Waals surface area contributed by atoms with E-state index in [2.05, 4.69) is 41.5 Å². The number of hydrogen-bond donors (Lipinski definition) is 1. The first-order valence-electron chi connectivity index (χ1n) is 7.69. The van der Waals surface area contributed by atoms with Crippen molar-refractivity contribution < 1.29 is 9.90 Å². The van der Waals surface area contributed by atoms with Gasteiger partial charge in [0.1, 0.15) is 5.78 Å². The van der Waals surface area contributed by atoms with Gasteiger partial charge in [0, 0.05) is 12.3 Å². The highest BCUT2D eigenvalue weighted by Crippen LogP contribution is 2.48. The monoisotopic (exact) mass is 268 g/mol. The van der Waals surface area contributed by atoms with Crippen molar-refractivity contribution in [3.8, 4) is 0 Å². The van der Waals surface area contributed by atoms with Gasteiger partial charge in [0.25, 0.3) is 0 Å². The highest BCUT2D eigenvalue weighted by atomic mass is 16.3. The van der Waals surface area contributed by atoms with Crippen LogP contribution in [0.15, 0.2) is 0 Å². The molecule has 1 fully saturated rings. The molecule has 2 heteroatoms. The van der Waals surface area contributed by atoms with Crippen molar-refractivity contribution in [3.05, 3.63) is 0 Å². The van der Waals surface area contributed by atoms with E-state index in [9.17, 15) is 9.90 Å². The normalized spacial score (nSPS) is 33.3. The molecule has 112 valence electrons. The van der Waals surface area contributed by atoms with Gasteiger partial charge in [-0.25, -0.2) is 0 Å². The quantitative estimate of drug-likeness (QED) is 0.820. The molecule has 0 bridgehead atoms. The average Bonchev–Trinajstić information content (AvgIpc) is 2.25. The van der Waals surface area contributed by atoms with Crippen molar-refractivity contribution in [1.82, 2.24) is 0 Å². The number of carbonyl (C=O) groups excluding carboxylic acids is 1. The molecule has 0 radical (unpaired) electrons. The van der Waals surface area contributed by atoms with Gasteiger partial charge in [0.05, 0.1) is 6.10 Å².